The second-order valence-corrected chi connectivity index (χ2v) is 6.91. The fourth-order valence-electron chi connectivity index (χ4n) is 2.73. The maximum absolute atomic E-state index is 12.0. The summed E-state index contributed by atoms with van der Waals surface area (Å²) in [6, 6.07) is 7.03. The van der Waals surface area contributed by atoms with Gasteiger partial charge in [-0.2, -0.15) is 8.42 Å². The van der Waals surface area contributed by atoms with E-state index < -0.39 is 10.0 Å². The van der Waals surface area contributed by atoms with Crippen molar-refractivity contribution in [3.63, 3.8) is 0 Å². The van der Waals surface area contributed by atoms with Crippen LogP contribution in [0, 0.1) is 5.92 Å². The molecule has 0 aliphatic carbocycles. The minimum Gasteiger partial charge on any atom is -0.355 e. The predicted octanol–water partition coefficient (Wildman–Crippen LogP) is 2.09. The van der Waals surface area contributed by atoms with Crippen molar-refractivity contribution >= 4 is 27.5 Å². The Kier molecular flexibility index (Phi) is 3.27. The molecule has 1 fully saturated rings. The number of likely N-dealkylation sites (tertiary alicyclic amines) is 1. The molecule has 1 unspecified atom stereocenters. The van der Waals surface area contributed by atoms with E-state index in [1.54, 1.807) is 12.1 Å². The Morgan fingerprint density at radius 1 is 1.37 bits per heavy atom. The van der Waals surface area contributed by atoms with Crippen LogP contribution in [0.25, 0.3) is 0 Å². The summed E-state index contributed by atoms with van der Waals surface area (Å²) in [5.41, 5.74) is 0.731. The van der Waals surface area contributed by atoms with Crippen LogP contribution in [0.5, 0.6) is 0 Å². The average molecular weight is 299 g/mol. The molecule has 0 amide bonds. The van der Waals surface area contributed by atoms with Crippen molar-refractivity contribution in [1.82, 2.24) is 4.90 Å². The standard InChI is InChI=1S/C13H15ClN2O2S/c14-7-5-10-6-8-16(9-10)13-11-3-1-2-4-12(11)19(17,18)15-13/h1-4,10H,5-9H2. The molecule has 1 saturated heterocycles. The van der Waals surface area contributed by atoms with Crippen molar-refractivity contribution in [3.8, 4) is 0 Å². The summed E-state index contributed by atoms with van der Waals surface area (Å²) in [5, 5.41) is 0. The molecular weight excluding hydrogens is 284 g/mol. The van der Waals surface area contributed by atoms with Gasteiger partial charge in [0.1, 0.15) is 4.90 Å². The van der Waals surface area contributed by atoms with Crippen LogP contribution >= 0.6 is 11.6 Å². The third kappa shape index (κ3) is 2.25. The molecule has 1 atom stereocenters. The van der Waals surface area contributed by atoms with E-state index in [1.807, 2.05) is 12.1 Å². The molecule has 4 nitrogen and oxygen atoms in total. The number of rotatable bonds is 2. The molecule has 6 heteroatoms. The van der Waals surface area contributed by atoms with Crippen LogP contribution in [-0.2, 0) is 10.0 Å². The van der Waals surface area contributed by atoms with E-state index in [0.29, 0.717) is 22.5 Å². The molecular formula is C13H15ClN2O2S. The molecule has 2 aliphatic heterocycles. The maximum Gasteiger partial charge on any atom is 0.285 e. The molecule has 1 aromatic carbocycles. The van der Waals surface area contributed by atoms with E-state index in [-0.39, 0.29) is 0 Å². The summed E-state index contributed by atoms with van der Waals surface area (Å²) in [5.74, 6) is 1.79. The first-order chi connectivity index (χ1) is 9.12. The molecule has 3 rings (SSSR count). The van der Waals surface area contributed by atoms with Gasteiger partial charge < -0.3 is 4.90 Å². The van der Waals surface area contributed by atoms with Crippen molar-refractivity contribution in [3.05, 3.63) is 29.8 Å². The topological polar surface area (TPSA) is 49.7 Å². The van der Waals surface area contributed by atoms with E-state index in [0.717, 1.165) is 31.5 Å². The molecule has 19 heavy (non-hydrogen) atoms. The summed E-state index contributed by atoms with van der Waals surface area (Å²) in [7, 11) is -3.50. The van der Waals surface area contributed by atoms with Crippen LogP contribution in [0.15, 0.2) is 33.6 Å². The van der Waals surface area contributed by atoms with Crippen LogP contribution in [0.2, 0.25) is 0 Å². The van der Waals surface area contributed by atoms with Gasteiger partial charge in [0, 0.05) is 24.5 Å². The van der Waals surface area contributed by atoms with Gasteiger partial charge in [-0.05, 0) is 30.9 Å². The van der Waals surface area contributed by atoms with Gasteiger partial charge in [0.2, 0.25) is 0 Å². The third-order valence-corrected chi connectivity index (χ3v) is 5.26. The summed E-state index contributed by atoms with van der Waals surface area (Å²) in [6.07, 6.45) is 2.02. The lowest BCUT2D eigenvalue weighted by Crippen LogP contribution is -2.28. The highest BCUT2D eigenvalue weighted by Crippen LogP contribution is 2.30. The Bertz CT molecular complexity index is 627. The highest BCUT2D eigenvalue weighted by molar-refractivity contribution is 7.90. The average Bonchev–Trinajstić information content (AvgIpc) is 2.94. The van der Waals surface area contributed by atoms with Crippen LogP contribution in [0.3, 0.4) is 0 Å². The first-order valence-corrected chi connectivity index (χ1v) is 8.34. The van der Waals surface area contributed by atoms with Gasteiger partial charge in [0.05, 0.1) is 0 Å². The van der Waals surface area contributed by atoms with E-state index in [4.69, 9.17) is 11.6 Å². The van der Waals surface area contributed by atoms with E-state index in [2.05, 4.69) is 9.30 Å². The molecule has 0 spiro atoms. The van der Waals surface area contributed by atoms with Crippen molar-refractivity contribution < 1.29 is 8.42 Å². The van der Waals surface area contributed by atoms with Crippen molar-refractivity contribution in [2.45, 2.75) is 17.7 Å². The maximum atomic E-state index is 12.0. The van der Waals surface area contributed by atoms with Crippen molar-refractivity contribution in [2.75, 3.05) is 19.0 Å². The van der Waals surface area contributed by atoms with Crippen LogP contribution in [0.4, 0.5) is 0 Å². The van der Waals surface area contributed by atoms with Gasteiger partial charge in [0.15, 0.2) is 5.84 Å². The molecule has 0 bridgehead atoms. The summed E-state index contributed by atoms with van der Waals surface area (Å²) in [6.45, 7) is 1.69. The minimum absolute atomic E-state index is 0.325. The zero-order valence-electron chi connectivity index (χ0n) is 10.4. The quantitative estimate of drug-likeness (QED) is 0.786. The van der Waals surface area contributed by atoms with Gasteiger partial charge in [-0.25, -0.2) is 0 Å². The molecule has 0 aromatic heterocycles. The first-order valence-electron chi connectivity index (χ1n) is 6.37. The number of amidine groups is 1. The molecule has 0 N–H and O–H groups in total. The smallest absolute Gasteiger partial charge is 0.285 e. The molecule has 102 valence electrons. The minimum atomic E-state index is -3.50. The summed E-state index contributed by atoms with van der Waals surface area (Å²) < 4.78 is 27.9. The van der Waals surface area contributed by atoms with Crippen LogP contribution < -0.4 is 0 Å². The van der Waals surface area contributed by atoms with Crippen LogP contribution in [0.1, 0.15) is 18.4 Å². The lowest BCUT2D eigenvalue weighted by atomic mass is 10.1. The van der Waals surface area contributed by atoms with E-state index in [9.17, 15) is 8.42 Å². The van der Waals surface area contributed by atoms with Gasteiger partial charge in [0.25, 0.3) is 10.0 Å². The number of nitrogens with zero attached hydrogens (tertiary/aromatic N) is 2. The molecule has 2 heterocycles. The van der Waals surface area contributed by atoms with Crippen molar-refractivity contribution in [2.24, 2.45) is 10.3 Å². The Labute approximate surface area is 118 Å². The van der Waals surface area contributed by atoms with Gasteiger partial charge in [-0.3, -0.25) is 0 Å². The largest absolute Gasteiger partial charge is 0.355 e. The number of benzene rings is 1. The second kappa shape index (κ2) is 4.80. The molecule has 0 saturated carbocycles. The number of hydrogen-bond donors (Lipinski definition) is 0. The van der Waals surface area contributed by atoms with Gasteiger partial charge in [-0.15, -0.1) is 16.0 Å². The Hall–Kier alpha value is -1.07. The van der Waals surface area contributed by atoms with Crippen LogP contribution in [-0.4, -0.2) is 38.1 Å². The van der Waals surface area contributed by atoms with Gasteiger partial charge in [-0.1, -0.05) is 12.1 Å². The number of alkyl halides is 1. The second-order valence-electron chi connectivity index (χ2n) is 4.96. The summed E-state index contributed by atoms with van der Waals surface area (Å²) in [4.78, 5) is 2.39. The van der Waals surface area contributed by atoms with Gasteiger partial charge >= 0.3 is 0 Å². The fourth-order valence-corrected chi connectivity index (χ4v) is 4.27. The zero-order chi connectivity index (χ0) is 13.5. The Morgan fingerprint density at radius 2 is 2.16 bits per heavy atom. The van der Waals surface area contributed by atoms with E-state index in [1.165, 1.54) is 0 Å². The van der Waals surface area contributed by atoms with Crippen molar-refractivity contribution in [1.29, 1.82) is 0 Å². The monoisotopic (exact) mass is 298 g/mol. The predicted molar refractivity (Wildman–Crippen MR) is 75.2 cm³/mol. The zero-order valence-corrected chi connectivity index (χ0v) is 12.0. The lowest BCUT2D eigenvalue weighted by Gasteiger charge is -2.18. The van der Waals surface area contributed by atoms with E-state index >= 15 is 0 Å². The highest BCUT2D eigenvalue weighted by atomic mass is 35.5. The number of sulfonamides is 1. The fraction of sp³-hybridized carbons (Fsp3) is 0.462. The SMILES string of the molecule is O=S1(=O)N=C(N2CCC(CCCl)C2)c2ccccc21. The Morgan fingerprint density at radius 3 is 2.95 bits per heavy atom. The number of hydrogen-bond acceptors (Lipinski definition) is 3. The Balaban J connectivity index is 1.91. The molecule has 1 aromatic rings. The first kappa shape index (κ1) is 12.9. The number of halogens is 1. The molecule has 2 aliphatic rings. The lowest BCUT2D eigenvalue weighted by molar-refractivity contribution is 0.475. The third-order valence-electron chi connectivity index (χ3n) is 3.72. The summed E-state index contributed by atoms with van der Waals surface area (Å²) >= 11 is 5.77. The normalized spacial score (nSPS) is 24.4. The highest BCUT2D eigenvalue weighted by Gasteiger charge is 2.34. The number of fused-ring (bicyclic) bond motifs is 1. The molecule has 0 radical (unpaired) electrons.